The molecule has 3 aromatic rings. The lowest BCUT2D eigenvalue weighted by Gasteiger charge is -2.11. The van der Waals surface area contributed by atoms with Crippen LogP contribution in [0.1, 0.15) is 35.7 Å². The molecule has 0 atom stereocenters. The fraction of sp³-hybridized carbons (Fsp3) is 0.350. The van der Waals surface area contributed by atoms with Crippen molar-refractivity contribution >= 4 is 22.6 Å². The Morgan fingerprint density at radius 1 is 1.26 bits per heavy atom. The highest BCUT2D eigenvalue weighted by Crippen LogP contribution is 2.43. The number of carbonyl (C=O) groups excluding carboxylic acids is 1. The number of anilines is 1. The molecule has 2 aromatic heterocycles. The third-order valence-corrected chi connectivity index (χ3v) is 4.85. The van der Waals surface area contributed by atoms with Crippen molar-refractivity contribution in [2.75, 3.05) is 5.32 Å². The van der Waals surface area contributed by atoms with Crippen LogP contribution >= 0.6 is 0 Å². The second-order valence-electron chi connectivity index (χ2n) is 7.26. The highest BCUT2D eigenvalue weighted by molar-refractivity contribution is 5.92. The van der Waals surface area contributed by atoms with Crippen LogP contribution in [0.4, 0.5) is 27.6 Å². The van der Waals surface area contributed by atoms with Crippen LogP contribution in [0.25, 0.3) is 11.0 Å². The summed E-state index contributed by atoms with van der Waals surface area (Å²) in [6.07, 6.45) is -3.03. The zero-order valence-electron chi connectivity index (χ0n) is 16.2. The minimum atomic E-state index is -4.58. The van der Waals surface area contributed by atoms with Crippen LogP contribution in [0.5, 0.6) is 5.75 Å². The standard InChI is InChI=1S/C20H17F5N4O2/c1-10-17-14(20(23,24)25)8-15(11-2-3-11)27-18(17)29(28-10)9-16(30)26-12-4-6-13(7-5-12)31-19(21)22/h4-8,11,19H,2-3,9H2,1H3,(H,26,30). The molecule has 0 bridgehead atoms. The lowest BCUT2D eigenvalue weighted by molar-refractivity contribution is -0.136. The Morgan fingerprint density at radius 2 is 1.94 bits per heavy atom. The summed E-state index contributed by atoms with van der Waals surface area (Å²) < 4.78 is 70.7. The minimum absolute atomic E-state index is 0.00468. The van der Waals surface area contributed by atoms with Crippen molar-refractivity contribution in [3.63, 3.8) is 0 Å². The number of ether oxygens (including phenoxy) is 1. The van der Waals surface area contributed by atoms with E-state index in [2.05, 4.69) is 20.1 Å². The molecular formula is C20H17F5N4O2. The summed E-state index contributed by atoms with van der Waals surface area (Å²) in [5.74, 6) is -0.644. The number of halogens is 5. The normalized spacial score (nSPS) is 14.3. The predicted octanol–water partition coefficient (Wildman–Crippen LogP) is 4.88. The van der Waals surface area contributed by atoms with Gasteiger partial charge < -0.3 is 10.1 Å². The molecule has 1 saturated carbocycles. The maximum absolute atomic E-state index is 13.6. The molecule has 0 unspecified atom stereocenters. The SMILES string of the molecule is Cc1nn(CC(=O)Nc2ccc(OC(F)F)cc2)c2nc(C3CC3)cc(C(F)(F)F)c12. The van der Waals surface area contributed by atoms with E-state index in [1.54, 1.807) is 0 Å². The van der Waals surface area contributed by atoms with Gasteiger partial charge in [0.15, 0.2) is 5.65 Å². The van der Waals surface area contributed by atoms with Gasteiger partial charge in [-0.2, -0.15) is 27.1 Å². The van der Waals surface area contributed by atoms with E-state index in [4.69, 9.17) is 0 Å². The van der Waals surface area contributed by atoms with Crippen molar-refractivity contribution in [1.82, 2.24) is 14.8 Å². The van der Waals surface area contributed by atoms with Crippen LogP contribution in [-0.4, -0.2) is 27.3 Å². The number of rotatable bonds is 6. The lowest BCUT2D eigenvalue weighted by Crippen LogP contribution is -2.20. The molecule has 4 rings (SSSR count). The number of benzene rings is 1. The van der Waals surface area contributed by atoms with Crippen LogP contribution in [0.2, 0.25) is 0 Å². The molecule has 0 aliphatic heterocycles. The van der Waals surface area contributed by atoms with E-state index in [1.165, 1.54) is 31.2 Å². The van der Waals surface area contributed by atoms with E-state index in [0.717, 1.165) is 23.6 Å². The van der Waals surface area contributed by atoms with Gasteiger partial charge in [0.25, 0.3) is 0 Å². The van der Waals surface area contributed by atoms with Crippen LogP contribution in [0.3, 0.4) is 0 Å². The molecule has 1 aromatic carbocycles. The first kappa shape index (κ1) is 21.0. The number of pyridine rings is 1. The molecule has 1 aliphatic rings. The summed E-state index contributed by atoms with van der Waals surface area (Å²) in [6.45, 7) is -1.89. The zero-order chi connectivity index (χ0) is 22.3. The third-order valence-electron chi connectivity index (χ3n) is 4.85. The second-order valence-corrected chi connectivity index (χ2v) is 7.26. The van der Waals surface area contributed by atoms with Crippen molar-refractivity contribution in [1.29, 1.82) is 0 Å². The molecule has 1 N–H and O–H groups in total. The first-order valence-corrected chi connectivity index (χ1v) is 9.42. The molecule has 2 heterocycles. The number of hydrogen-bond acceptors (Lipinski definition) is 4. The number of amides is 1. The van der Waals surface area contributed by atoms with E-state index in [-0.39, 0.29) is 34.9 Å². The summed E-state index contributed by atoms with van der Waals surface area (Å²) in [7, 11) is 0. The monoisotopic (exact) mass is 440 g/mol. The molecule has 11 heteroatoms. The Bertz CT molecular complexity index is 1120. The molecule has 0 saturated heterocycles. The summed E-state index contributed by atoms with van der Waals surface area (Å²) in [5.41, 5.74) is -0.0277. The van der Waals surface area contributed by atoms with Gasteiger partial charge in [0.1, 0.15) is 12.3 Å². The van der Waals surface area contributed by atoms with E-state index >= 15 is 0 Å². The van der Waals surface area contributed by atoms with Crippen molar-refractivity contribution in [2.24, 2.45) is 0 Å². The van der Waals surface area contributed by atoms with E-state index in [0.29, 0.717) is 11.4 Å². The van der Waals surface area contributed by atoms with Crippen molar-refractivity contribution in [3.05, 3.63) is 47.3 Å². The fourth-order valence-electron chi connectivity index (χ4n) is 3.35. The van der Waals surface area contributed by atoms with Gasteiger partial charge in [-0.3, -0.25) is 4.79 Å². The Morgan fingerprint density at radius 3 is 2.52 bits per heavy atom. The summed E-state index contributed by atoms with van der Waals surface area (Å²) >= 11 is 0. The second kappa shape index (κ2) is 7.78. The number of aryl methyl sites for hydroxylation is 1. The maximum Gasteiger partial charge on any atom is 0.417 e. The van der Waals surface area contributed by atoms with Crippen LogP contribution in [0, 0.1) is 6.92 Å². The molecule has 6 nitrogen and oxygen atoms in total. The Labute approximate surface area is 173 Å². The third kappa shape index (κ3) is 4.59. The Kier molecular flexibility index (Phi) is 5.28. The Hall–Kier alpha value is -3.24. The van der Waals surface area contributed by atoms with Gasteiger partial charge in [0.05, 0.1) is 16.6 Å². The van der Waals surface area contributed by atoms with Crippen molar-refractivity contribution in [3.8, 4) is 5.75 Å². The molecule has 164 valence electrons. The van der Waals surface area contributed by atoms with Gasteiger partial charge in [-0.15, -0.1) is 0 Å². The lowest BCUT2D eigenvalue weighted by atomic mass is 10.1. The number of alkyl halides is 5. The van der Waals surface area contributed by atoms with Crippen molar-refractivity contribution < 1.29 is 31.5 Å². The van der Waals surface area contributed by atoms with Gasteiger partial charge in [-0.25, -0.2) is 9.67 Å². The van der Waals surface area contributed by atoms with Crippen LogP contribution in [0.15, 0.2) is 30.3 Å². The molecule has 31 heavy (non-hydrogen) atoms. The summed E-state index contributed by atoms with van der Waals surface area (Å²) in [5, 5.41) is 6.52. The molecule has 1 amide bonds. The smallest absolute Gasteiger partial charge is 0.417 e. The van der Waals surface area contributed by atoms with Gasteiger partial charge in [0.2, 0.25) is 5.91 Å². The molecule has 0 spiro atoms. The molecule has 1 aliphatic carbocycles. The summed E-state index contributed by atoms with van der Waals surface area (Å²) in [4.78, 5) is 16.8. The zero-order valence-corrected chi connectivity index (χ0v) is 16.2. The average Bonchev–Trinajstić information content (AvgIpc) is 3.48. The van der Waals surface area contributed by atoms with Gasteiger partial charge in [-0.05, 0) is 50.1 Å². The van der Waals surface area contributed by atoms with Crippen molar-refractivity contribution in [2.45, 2.75) is 45.0 Å². The molecule has 1 fully saturated rings. The Balaban J connectivity index is 1.59. The first-order chi connectivity index (χ1) is 14.6. The number of aromatic nitrogens is 3. The molecular weight excluding hydrogens is 423 g/mol. The average molecular weight is 440 g/mol. The fourth-order valence-corrected chi connectivity index (χ4v) is 3.35. The topological polar surface area (TPSA) is 69.0 Å². The predicted molar refractivity (Wildman–Crippen MR) is 101 cm³/mol. The van der Waals surface area contributed by atoms with Crippen LogP contribution < -0.4 is 10.1 Å². The quantitative estimate of drug-likeness (QED) is 0.555. The van der Waals surface area contributed by atoms with Crippen LogP contribution in [-0.2, 0) is 17.5 Å². The van der Waals surface area contributed by atoms with Gasteiger partial charge in [0, 0.05) is 17.3 Å². The van der Waals surface area contributed by atoms with Gasteiger partial charge >= 0.3 is 12.8 Å². The molecule has 0 radical (unpaired) electrons. The maximum atomic E-state index is 13.6. The number of nitrogens with zero attached hydrogens (tertiary/aromatic N) is 3. The van der Waals surface area contributed by atoms with E-state index < -0.39 is 24.3 Å². The van der Waals surface area contributed by atoms with E-state index in [1.807, 2.05) is 0 Å². The highest BCUT2D eigenvalue weighted by Gasteiger charge is 2.37. The first-order valence-electron chi connectivity index (χ1n) is 9.42. The largest absolute Gasteiger partial charge is 0.435 e. The number of hydrogen-bond donors (Lipinski definition) is 1. The number of fused-ring (bicyclic) bond motifs is 1. The number of carbonyl (C=O) groups is 1. The minimum Gasteiger partial charge on any atom is -0.435 e. The number of nitrogens with one attached hydrogen (secondary N) is 1. The van der Waals surface area contributed by atoms with E-state index in [9.17, 15) is 26.7 Å². The highest BCUT2D eigenvalue weighted by atomic mass is 19.4. The van der Waals surface area contributed by atoms with Gasteiger partial charge in [-0.1, -0.05) is 0 Å². The summed E-state index contributed by atoms with van der Waals surface area (Å²) in [6, 6.07) is 6.32.